The molecule has 0 aromatic carbocycles. The zero-order valence-electron chi connectivity index (χ0n) is 12.9. The van der Waals surface area contributed by atoms with Gasteiger partial charge < -0.3 is 4.43 Å². The van der Waals surface area contributed by atoms with Gasteiger partial charge in [-0.2, -0.15) is 0 Å². The van der Waals surface area contributed by atoms with Crippen LogP contribution in [-0.4, -0.2) is 27.2 Å². The minimum absolute atomic E-state index is 0.288. The maximum atomic E-state index is 11.6. The van der Waals surface area contributed by atoms with Crippen molar-refractivity contribution in [2.24, 2.45) is 0 Å². The summed E-state index contributed by atoms with van der Waals surface area (Å²) in [4.78, 5) is 11.6. The summed E-state index contributed by atoms with van der Waals surface area (Å²) in [5, 5.41) is 0.395. The van der Waals surface area contributed by atoms with Gasteiger partial charge in [0.2, 0.25) is 0 Å². The smallest absolute Gasteiger partial charge is 0.188 e. The molecule has 0 radical (unpaired) electrons. The molecule has 0 aromatic heterocycles. The van der Waals surface area contributed by atoms with E-state index >= 15 is 0 Å². The number of thioether (sulfide) groups is 1. The molecule has 0 atom stereocenters. The Morgan fingerprint density at radius 2 is 1.68 bits per heavy atom. The van der Waals surface area contributed by atoms with Gasteiger partial charge in [0, 0.05) is 18.8 Å². The Hall–Kier alpha value is 0.197. The van der Waals surface area contributed by atoms with Crippen molar-refractivity contribution in [2.45, 2.75) is 77.7 Å². The van der Waals surface area contributed by atoms with E-state index in [4.69, 9.17) is 4.43 Å². The highest BCUT2D eigenvalue weighted by Crippen LogP contribution is 2.13. The molecule has 4 heteroatoms. The SMILES string of the molecule is CCCCCCCCCC(=O)SCCC[SiH2]OCC. The van der Waals surface area contributed by atoms with Gasteiger partial charge in [-0.1, -0.05) is 57.2 Å². The molecule has 0 aliphatic carbocycles. The fourth-order valence-corrected chi connectivity index (χ4v) is 4.11. The van der Waals surface area contributed by atoms with Crippen LogP contribution >= 0.6 is 11.8 Å². The molecule has 0 aliphatic rings. The first-order valence-corrected chi connectivity index (χ1v) is 10.6. The summed E-state index contributed by atoms with van der Waals surface area (Å²) < 4.78 is 5.40. The van der Waals surface area contributed by atoms with Crippen molar-refractivity contribution >= 4 is 26.6 Å². The minimum atomic E-state index is -0.288. The van der Waals surface area contributed by atoms with E-state index in [0.717, 1.165) is 31.6 Å². The maximum absolute atomic E-state index is 11.6. The number of hydrogen-bond donors (Lipinski definition) is 0. The molecule has 0 aromatic rings. The third-order valence-electron chi connectivity index (χ3n) is 3.13. The molecule has 2 nitrogen and oxygen atoms in total. The van der Waals surface area contributed by atoms with Crippen LogP contribution in [0.4, 0.5) is 0 Å². The number of carbonyl (C=O) groups excluding carboxylic acids is 1. The normalized spacial score (nSPS) is 11.5. The quantitative estimate of drug-likeness (QED) is 0.353. The zero-order valence-corrected chi connectivity index (χ0v) is 15.1. The Kier molecular flexibility index (Phi) is 16.4. The van der Waals surface area contributed by atoms with Crippen LogP contribution in [0.2, 0.25) is 6.04 Å². The van der Waals surface area contributed by atoms with Crippen molar-refractivity contribution in [2.75, 3.05) is 12.4 Å². The number of carbonyl (C=O) groups is 1. The molecule has 19 heavy (non-hydrogen) atoms. The van der Waals surface area contributed by atoms with Crippen molar-refractivity contribution in [1.29, 1.82) is 0 Å². The number of unbranched alkanes of at least 4 members (excludes halogenated alkanes) is 6. The molecule has 0 saturated carbocycles. The second kappa shape index (κ2) is 16.3. The van der Waals surface area contributed by atoms with E-state index in [1.807, 2.05) is 6.92 Å². The van der Waals surface area contributed by atoms with Crippen LogP contribution in [-0.2, 0) is 9.22 Å². The van der Waals surface area contributed by atoms with Crippen LogP contribution in [0.5, 0.6) is 0 Å². The first-order chi connectivity index (χ1) is 9.31. The molecule has 0 saturated heterocycles. The van der Waals surface area contributed by atoms with E-state index in [0.29, 0.717) is 5.12 Å². The summed E-state index contributed by atoms with van der Waals surface area (Å²) >= 11 is 1.53. The highest BCUT2D eigenvalue weighted by Gasteiger charge is 2.02. The molecule has 0 aliphatic heterocycles. The van der Waals surface area contributed by atoms with E-state index in [-0.39, 0.29) is 9.76 Å². The highest BCUT2D eigenvalue weighted by molar-refractivity contribution is 8.13. The van der Waals surface area contributed by atoms with Crippen LogP contribution in [0, 0.1) is 0 Å². The molecular formula is C15H32O2SSi. The van der Waals surface area contributed by atoms with Crippen LogP contribution in [0.15, 0.2) is 0 Å². The predicted molar refractivity (Wildman–Crippen MR) is 89.7 cm³/mol. The molecule has 114 valence electrons. The van der Waals surface area contributed by atoms with Crippen LogP contribution in [0.3, 0.4) is 0 Å². The number of hydrogen-bond acceptors (Lipinski definition) is 3. The lowest BCUT2D eigenvalue weighted by molar-refractivity contribution is -0.111. The monoisotopic (exact) mass is 304 g/mol. The Bertz CT molecular complexity index is 201. The van der Waals surface area contributed by atoms with E-state index in [2.05, 4.69) is 6.92 Å². The largest absolute Gasteiger partial charge is 0.424 e. The standard InChI is InChI=1S/C15H32O2SSi/c1-3-5-6-7-8-9-10-12-15(16)18-13-11-14-19-17-4-2/h3-14,19H2,1-2H3. The van der Waals surface area contributed by atoms with Crippen LogP contribution in [0.25, 0.3) is 0 Å². The van der Waals surface area contributed by atoms with E-state index < -0.39 is 0 Å². The van der Waals surface area contributed by atoms with Gasteiger partial charge in [-0.05, 0) is 25.8 Å². The molecule has 0 spiro atoms. The molecule has 0 rings (SSSR count). The fraction of sp³-hybridized carbons (Fsp3) is 0.933. The van der Waals surface area contributed by atoms with Gasteiger partial charge in [0.1, 0.15) is 0 Å². The molecule has 0 N–H and O–H groups in total. The average Bonchev–Trinajstić information content (AvgIpc) is 2.41. The summed E-state index contributed by atoms with van der Waals surface area (Å²) in [6.45, 7) is 5.15. The Labute approximate surface area is 126 Å². The lowest BCUT2D eigenvalue weighted by atomic mass is 10.1. The topological polar surface area (TPSA) is 26.3 Å². The van der Waals surface area contributed by atoms with Gasteiger partial charge in [-0.3, -0.25) is 4.79 Å². The van der Waals surface area contributed by atoms with E-state index in [9.17, 15) is 4.79 Å². The van der Waals surface area contributed by atoms with Gasteiger partial charge in [-0.25, -0.2) is 0 Å². The first kappa shape index (κ1) is 19.2. The van der Waals surface area contributed by atoms with Gasteiger partial charge in [0.25, 0.3) is 0 Å². The minimum Gasteiger partial charge on any atom is -0.424 e. The third-order valence-corrected chi connectivity index (χ3v) is 5.64. The van der Waals surface area contributed by atoms with Crippen molar-refractivity contribution < 1.29 is 9.22 Å². The fourth-order valence-electron chi connectivity index (χ4n) is 1.94. The molecular weight excluding hydrogens is 272 g/mol. The van der Waals surface area contributed by atoms with Crippen LogP contribution in [0.1, 0.15) is 71.6 Å². The van der Waals surface area contributed by atoms with Gasteiger partial charge >= 0.3 is 0 Å². The summed E-state index contributed by atoms with van der Waals surface area (Å²) in [5.41, 5.74) is 0. The van der Waals surface area contributed by atoms with Crippen molar-refractivity contribution in [3.8, 4) is 0 Å². The second-order valence-corrected chi connectivity index (χ2v) is 7.67. The molecule has 0 heterocycles. The summed E-state index contributed by atoms with van der Waals surface area (Å²) in [7, 11) is -0.288. The summed E-state index contributed by atoms with van der Waals surface area (Å²) in [6, 6.07) is 1.21. The highest BCUT2D eigenvalue weighted by atomic mass is 32.2. The lowest BCUT2D eigenvalue weighted by Gasteiger charge is -2.02. The van der Waals surface area contributed by atoms with Crippen molar-refractivity contribution in [1.82, 2.24) is 0 Å². The van der Waals surface area contributed by atoms with Crippen molar-refractivity contribution in [3.05, 3.63) is 0 Å². The predicted octanol–water partition coefficient (Wildman–Crippen LogP) is 4.32. The Balaban J connectivity index is 3.13. The molecule has 0 amide bonds. The third kappa shape index (κ3) is 16.1. The van der Waals surface area contributed by atoms with Gasteiger partial charge in [0.05, 0.1) is 0 Å². The maximum Gasteiger partial charge on any atom is 0.188 e. The lowest BCUT2D eigenvalue weighted by Crippen LogP contribution is -1.99. The number of rotatable bonds is 14. The Morgan fingerprint density at radius 1 is 1.00 bits per heavy atom. The van der Waals surface area contributed by atoms with Crippen molar-refractivity contribution in [3.63, 3.8) is 0 Å². The second-order valence-electron chi connectivity index (χ2n) is 5.00. The van der Waals surface area contributed by atoms with E-state index in [1.54, 1.807) is 0 Å². The van der Waals surface area contributed by atoms with Gasteiger partial charge in [-0.15, -0.1) is 0 Å². The molecule has 0 bridgehead atoms. The molecule has 0 fully saturated rings. The zero-order chi connectivity index (χ0) is 14.2. The van der Waals surface area contributed by atoms with E-state index in [1.165, 1.54) is 56.3 Å². The Morgan fingerprint density at radius 3 is 2.37 bits per heavy atom. The van der Waals surface area contributed by atoms with Gasteiger partial charge in [0.15, 0.2) is 14.9 Å². The van der Waals surface area contributed by atoms with Crippen LogP contribution < -0.4 is 0 Å². The first-order valence-electron chi connectivity index (χ1n) is 8.04. The average molecular weight is 305 g/mol. The molecule has 0 unspecified atom stereocenters. The summed E-state index contributed by atoms with van der Waals surface area (Å²) in [5.74, 6) is 0.995. The summed E-state index contributed by atoms with van der Waals surface area (Å²) in [6.07, 6.45) is 10.9.